The summed E-state index contributed by atoms with van der Waals surface area (Å²) in [6.07, 6.45) is 7.43. The molecule has 1 fully saturated rings. The number of fused-ring (bicyclic) bond motifs is 1. The van der Waals surface area contributed by atoms with Gasteiger partial charge < -0.3 is 19.5 Å². The summed E-state index contributed by atoms with van der Waals surface area (Å²) in [7, 11) is 1.67. The van der Waals surface area contributed by atoms with E-state index in [9.17, 15) is 4.79 Å². The van der Waals surface area contributed by atoms with Gasteiger partial charge in [-0.25, -0.2) is 4.98 Å². The van der Waals surface area contributed by atoms with E-state index >= 15 is 0 Å². The molecule has 0 saturated carbocycles. The normalized spacial score (nSPS) is 14.2. The first kappa shape index (κ1) is 21.7. The van der Waals surface area contributed by atoms with Gasteiger partial charge in [0, 0.05) is 30.1 Å². The molecule has 1 aromatic carbocycles. The number of methoxy groups -OCH3 is 1. The number of nitrogens with zero attached hydrogens (tertiary/aromatic N) is 3. The van der Waals surface area contributed by atoms with Crippen molar-refractivity contribution in [3.8, 4) is 5.75 Å². The monoisotopic (exact) mass is 438 g/mol. The van der Waals surface area contributed by atoms with E-state index in [1.807, 2.05) is 35.2 Å². The van der Waals surface area contributed by atoms with Crippen LogP contribution in [-0.2, 0) is 17.1 Å². The quantitative estimate of drug-likeness (QED) is 0.384. The van der Waals surface area contributed by atoms with Crippen LogP contribution in [0, 0.1) is 0 Å². The lowest BCUT2D eigenvalue weighted by molar-refractivity contribution is -0.121. The Morgan fingerprint density at radius 2 is 1.97 bits per heavy atom. The first-order chi connectivity index (χ1) is 15.2. The minimum Gasteiger partial charge on any atom is -0.497 e. The fourth-order valence-electron chi connectivity index (χ4n) is 3.97. The Hall–Kier alpha value is -2.51. The number of likely N-dealkylation sites (tertiary alicyclic amines) is 1. The van der Waals surface area contributed by atoms with Gasteiger partial charge in [0.15, 0.2) is 0 Å². The van der Waals surface area contributed by atoms with Crippen LogP contribution in [-0.4, -0.2) is 53.6 Å². The molecule has 0 atom stereocenters. The zero-order valence-corrected chi connectivity index (χ0v) is 18.9. The first-order valence-corrected chi connectivity index (χ1v) is 11.9. The van der Waals surface area contributed by atoms with E-state index in [0.717, 1.165) is 46.9 Å². The number of pyridine rings is 1. The second-order valence-corrected chi connectivity index (χ2v) is 8.85. The van der Waals surface area contributed by atoms with Crippen molar-refractivity contribution in [2.45, 2.75) is 36.6 Å². The highest BCUT2D eigenvalue weighted by molar-refractivity contribution is 7.98. The highest BCUT2D eigenvalue weighted by Crippen LogP contribution is 2.29. The maximum atomic E-state index is 12.4. The summed E-state index contributed by atoms with van der Waals surface area (Å²) in [5, 5.41) is 5.13. The summed E-state index contributed by atoms with van der Waals surface area (Å²) in [4.78, 5) is 19.5. The van der Waals surface area contributed by atoms with Gasteiger partial charge in [-0.2, -0.15) is 0 Å². The highest BCUT2D eigenvalue weighted by Gasteiger charge is 2.12. The minimum atomic E-state index is 0.0585. The third-order valence-corrected chi connectivity index (χ3v) is 6.76. The number of ether oxygens (including phenoxy) is 1. The number of benzene rings is 1. The van der Waals surface area contributed by atoms with Gasteiger partial charge in [0.1, 0.15) is 17.3 Å². The molecule has 7 heteroatoms. The van der Waals surface area contributed by atoms with Crippen LogP contribution in [0.25, 0.3) is 10.9 Å². The summed E-state index contributed by atoms with van der Waals surface area (Å²) in [6.45, 7) is 4.55. The van der Waals surface area contributed by atoms with Crippen LogP contribution >= 0.6 is 11.8 Å². The number of carbonyl (C=O) groups is 1. The van der Waals surface area contributed by atoms with E-state index < -0.39 is 0 Å². The standard InChI is InChI=1S/C24H30N4O2S/c1-30-20-7-5-19(6-8-20)18-31-24-21-10-16-28(22(21)9-12-26-24)17-23(29)25-11-4-15-27-13-2-3-14-27/h5-10,12,16H,2-4,11,13-15,17-18H2,1H3,(H,25,29). The number of hydrogen-bond donors (Lipinski definition) is 1. The maximum Gasteiger partial charge on any atom is 0.239 e. The highest BCUT2D eigenvalue weighted by atomic mass is 32.2. The molecule has 3 heterocycles. The molecule has 0 aliphatic carbocycles. The van der Waals surface area contributed by atoms with Crippen molar-refractivity contribution in [1.82, 2.24) is 19.8 Å². The topological polar surface area (TPSA) is 59.4 Å². The van der Waals surface area contributed by atoms with E-state index in [1.165, 1.54) is 31.5 Å². The van der Waals surface area contributed by atoms with Crippen molar-refractivity contribution in [3.63, 3.8) is 0 Å². The molecule has 4 rings (SSSR count). The lowest BCUT2D eigenvalue weighted by Gasteiger charge is -2.14. The second-order valence-electron chi connectivity index (χ2n) is 7.88. The molecule has 1 aliphatic rings. The second kappa shape index (κ2) is 10.7. The molecule has 0 spiro atoms. The number of hydrogen-bond acceptors (Lipinski definition) is 5. The molecule has 0 unspecified atom stereocenters. The lowest BCUT2D eigenvalue weighted by atomic mass is 10.2. The summed E-state index contributed by atoms with van der Waals surface area (Å²) in [5.41, 5.74) is 2.26. The Morgan fingerprint density at radius 1 is 1.16 bits per heavy atom. The number of amides is 1. The minimum absolute atomic E-state index is 0.0585. The Balaban J connectivity index is 1.31. The Morgan fingerprint density at radius 3 is 2.74 bits per heavy atom. The average molecular weight is 439 g/mol. The Labute approximate surface area is 188 Å². The van der Waals surface area contributed by atoms with E-state index in [1.54, 1.807) is 18.9 Å². The molecule has 31 heavy (non-hydrogen) atoms. The predicted molar refractivity (Wildman–Crippen MR) is 126 cm³/mol. The molecule has 3 aromatic rings. The third kappa shape index (κ3) is 5.80. The zero-order valence-electron chi connectivity index (χ0n) is 18.0. The molecule has 1 N–H and O–H groups in total. The molecular weight excluding hydrogens is 408 g/mol. The van der Waals surface area contributed by atoms with Crippen molar-refractivity contribution in [2.24, 2.45) is 0 Å². The Bertz CT molecular complexity index is 996. The van der Waals surface area contributed by atoms with Gasteiger partial charge in [0.05, 0.1) is 12.6 Å². The van der Waals surface area contributed by atoms with Gasteiger partial charge in [-0.05, 0) is 68.7 Å². The first-order valence-electron chi connectivity index (χ1n) is 10.9. The summed E-state index contributed by atoms with van der Waals surface area (Å²) < 4.78 is 7.23. The van der Waals surface area contributed by atoms with Crippen LogP contribution in [0.1, 0.15) is 24.8 Å². The van der Waals surface area contributed by atoms with Crippen LogP contribution < -0.4 is 10.1 Å². The number of carbonyl (C=O) groups excluding carboxylic acids is 1. The van der Waals surface area contributed by atoms with Crippen molar-refractivity contribution >= 4 is 28.6 Å². The molecule has 0 bridgehead atoms. The van der Waals surface area contributed by atoms with E-state index in [-0.39, 0.29) is 5.91 Å². The number of nitrogens with one attached hydrogen (secondary N) is 1. The van der Waals surface area contributed by atoms with Crippen molar-refractivity contribution in [1.29, 1.82) is 0 Å². The van der Waals surface area contributed by atoms with Crippen LogP contribution in [0.15, 0.2) is 53.8 Å². The molecule has 1 saturated heterocycles. The Kier molecular flexibility index (Phi) is 7.48. The summed E-state index contributed by atoms with van der Waals surface area (Å²) >= 11 is 1.71. The molecule has 1 amide bonds. The van der Waals surface area contributed by atoms with Gasteiger partial charge in [0.2, 0.25) is 5.91 Å². The smallest absolute Gasteiger partial charge is 0.239 e. The fraction of sp³-hybridized carbons (Fsp3) is 0.417. The van der Waals surface area contributed by atoms with E-state index in [0.29, 0.717) is 6.54 Å². The van der Waals surface area contributed by atoms with E-state index in [2.05, 4.69) is 33.4 Å². The molecule has 6 nitrogen and oxygen atoms in total. The predicted octanol–water partition coefficient (Wildman–Crippen LogP) is 3.94. The largest absolute Gasteiger partial charge is 0.497 e. The number of rotatable bonds is 10. The molecule has 1 aliphatic heterocycles. The van der Waals surface area contributed by atoms with Crippen molar-refractivity contribution in [3.05, 3.63) is 54.4 Å². The lowest BCUT2D eigenvalue weighted by Crippen LogP contribution is -2.30. The molecular formula is C24H30N4O2S. The van der Waals surface area contributed by atoms with Crippen molar-refractivity contribution in [2.75, 3.05) is 33.3 Å². The fourth-order valence-corrected chi connectivity index (χ4v) is 4.93. The third-order valence-electron chi connectivity index (χ3n) is 5.68. The van der Waals surface area contributed by atoms with Gasteiger partial charge in [-0.1, -0.05) is 12.1 Å². The number of thioether (sulfide) groups is 1. The maximum absolute atomic E-state index is 12.4. The van der Waals surface area contributed by atoms with Crippen LogP contribution in [0.3, 0.4) is 0 Å². The van der Waals surface area contributed by atoms with E-state index in [4.69, 9.17) is 4.74 Å². The average Bonchev–Trinajstić information content (AvgIpc) is 3.46. The van der Waals surface area contributed by atoms with Gasteiger partial charge >= 0.3 is 0 Å². The van der Waals surface area contributed by atoms with Crippen LogP contribution in [0.4, 0.5) is 0 Å². The van der Waals surface area contributed by atoms with Gasteiger partial charge in [-0.15, -0.1) is 11.8 Å². The molecule has 0 radical (unpaired) electrons. The SMILES string of the molecule is COc1ccc(CSc2nccc3c2ccn3CC(=O)NCCCN2CCCC2)cc1. The molecule has 2 aromatic heterocycles. The van der Waals surface area contributed by atoms with Gasteiger partial charge in [0.25, 0.3) is 0 Å². The number of aromatic nitrogens is 2. The summed E-state index contributed by atoms with van der Waals surface area (Å²) in [6, 6.07) is 12.1. The van der Waals surface area contributed by atoms with Gasteiger partial charge in [-0.3, -0.25) is 4.79 Å². The van der Waals surface area contributed by atoms with Crippen LogP contribution in [0.5, 0.6) is 5.75 Å². The summed E-state index contributed by atoms with van der Waals surface area (Å²) in [5.74, 6) is 1.75. The zero-order chi connectivity index (χ0) is 21.5. The van der Waals surface area contributed by atoms with Crippen molar-refractivity contribution < 1.29 is 9.53 Å². The molecule has 164 valence electrons. The van der Waals surface area contributed by atoms with Crippen LogP contribution in [0.2, 0.25) is 0 Å².